The van der Waals surface area contributed by atoms with Gasteiger partial charge in [0, 0.05) is 24.7 Å². The van der Waals surface area contributed by atoms with Crippen molar-refractivity contribution in [2.45, 2.75) is 85.0 Å². The van der Waals surface area contributed by atoms with E-state index < -0.39 is 8.32 Å². The quantitative estimate of drug-likeness (QED) is 0.456. The lowest BCUT2D eigenvalue weighted by Crippen LogP contribution is -2.53. The summed E-state index contributed by atoms with van der Waals surface area (Å²) in [5, 5.41) is 0. The Kier molecular flexibility index (Phi) is 4.92. The molecule has 4 rings (SSSR count). The Bertz CT molecular complexity index is 791. The van der Waals surface area contributed by atoms with Crippen LogP contribution in [0.4, 0.5) is 0 Å². The maximum atomic E-state index is 13.4. The minimum atomic E-state index is -1.68. The van der Waals surface area contributed by atoms with E-state index in [1.54, 1.807) is 0 Å². The summed E-state index contributed by atoms with van der Waals surface area (Å²) in [7, 11) is -1.68. The van der Waals surface area contributed by atoms with Crippen LogP contribution in [0.2, 0.25) is 19.6 Å². The molecule has 0 saturated heterocycles. The van der Waals surface area contributed by atoms with Gasteiger partial charge in [-0.25, -0.2) is 0 Å². The van der Waals surface area contributed by atoms with Gasteiger partial charge in [-0.2, -0.15) is 0 Å². The Labute approximate surface area is 176 Å². The smallest absolute Gasteiger partial charge is 0.302 e. The monoisotopic (exact) mass is 416 g/mol. The van der Waals surface area contributed by atoms with Gasteiger partial charge in [0.1, 0.15) is 6.10 Å². The molecule has 0 amide bonds. The van der Waals surface area contributed by atoms with Gasteiger partial charge >= 0.3 is 5.97 Å². The fourth-order valence-corrected chi connectivity index (χ4v) is 7.71. The van der Waals surface area contributed by atoms with Crippen LogP contribution in [0.3, 0.4) is 0 Å². The van der Waals surface area contributed by atoms with Crippen LogP contribution in [0.5, 0.6) is 0 Å². The summed E-state index contributed by atoms with van der Waals surface area (Å²) >= 11 is 0. The molecule has 0 radical (unpaired) electrons. The van der Waals surface area contributed by atoms with Gasteiger partial charge in [0.25, 0.3) is 0 Å². The number of fused-ring (bicyclic) bond motifs is 5. The maximum absolute atomic E-state index is 13.4. The minimum absolute atomic E-state index is 0.00620. The van der Waals surface area contributed by atoms with E-state index >= 15 is 0 Å². The minimum Gasteiger partial charge on any atom is -0.547 e. The van der Waals surface area contributed by atoms with Crippen molar-refractivity contribution in [3.05, 3.63) is 23.5 Å². The van der Waals surface area contributed by atoms with E-state index in [1.165, 1.54) is 12.5 Å². The molecule has 0 aromatic rings. The molecule has 29 heavy (non-hydrogen) atoms. The van der Waals surface area contributed by atoms with Gasteiger partial charge in [-0.3, -0.25) is 9.59 Å². The van der Waals surface area contributed by atoms with Crippen LogP contribution in [0.25, 0.3) is 0 Å². The van der Waals surface area contributed by atoms with Gasteiger partial charge in [0.15, 0.2) is 5.78 Å². The molecule has 4 aliphatic rings. The molecule has 2 fully saturated rings. The first kappa shape index (κ1) is 20.9. The van der Waals surface area contributed by atoms with Gasteiger partial charge in [0.05, 0.1) is 5.76 Å². The Morgan fingerprint density at radius 3 is 2.45 bits per heavy atom. The number of carbonyl (C=O) groups excluding carboxylic acids is 2. The molecule has 2 saturated carbocycles. The number of esters is 1. The molecule has 4 nitrogen and oxygen atoms in total. The number of carbonyl (C=O) groups is 2. The van der Waals surface area contributed by atoms with Crippen molar-refractivity contribution < 1.29 is 18.8 Å². The van der Waals surface area contributed by atoms with Crippen molar-refractivity contribution in [2.24, 2.45) is 28.6 Å². The number of hydrogen-bond donors (Lipinski definition) is 0. The Morgan fingerprint density at radius 1 is 1.10 bits per heavy atom. The molecule has 0 heterocycles. The lowest BCUT2D eigenvalue weighted by molar-refractivity contribution is -0.149. The normalized spacial score (nSPS) is 41.5. The number of ketones is 1. The van der Waals surface area contributed by atoms with E-state index in [0.717, 1.165) is 44.3 Å². The van der Waals surface area contributed by atoms with E-state index in [4.69, 9.17) is 9.16 Å². The van der Waals surface area contributed by atoms with Crippen LogP contribution < -0.4 is 0 Å². The number of hydrogen-bond acceptors (Lipinski definition) is 4. The first-order valence-electron chi connectivity index (χ1n) is 11.3. The molecule has 0 aromatic carbocycles. The van der Waals surface area contributed by atoms with Crippen LogP contribution in [-0.4, -0.2) is 26.2 Å². The van der Waals surface area contributed by atoms with Gasteiger partial charge in [-0.15, -0.1) is 0 Å². The average Bonchev–Trinajstić information content (AvgIpc) is 2.91. The topological polar surface area (TPSA) is 52.6 Å². The second-order valence-electron chi connectivity index (χ2n) is 11.2. The second kappa shape index (κ2) is 6.83. The highest BCUT2D eigenvalue weighted by Gasteiger charge is 2.60. The third-order valence-electron chi connectivity index (χ3n) is 8.16. The third kappa shape index (κ3) is 3.43. The maximum Gasteiger partial charge on any atom is 0.302 e. The first-order chi connectivity index (χ1) is 13.4. The molecule has 5 heteroatoms. The Hall–Kier alpha value is -1.36. The highest BCUT2D eigenvalue weighted by molar-refractivity contribution is 6.70. The molecule has 160 valence electrons. The predicted octanol–water partition coefficient (Wildman–Crippen LogP) is 5.41. The van der Waals surface area contributed by atoms with Crippen molar-refractivity contribution in [3.63, 3.8) is 0 Å². The molecule has 0 aliphatic heterocycles. The fraction of sp³-hybridized carbons (Fsp3) is 0.750. The lowest BCUT2D eigenvalue weighted by Gasteiger charge is -2.56. The van der Waals surface area contributed by atoms with Crippen molar-refractivity contribution >= 4 is 20.1 Å². The predicted molar refractivity (Wildman–Crippen MR) is 116 cm³/mol. The molecule has 0 bridgehead atoms. The highest BCUT2D eigenvalue weighted by Crippen LogP contribution is 2.64. The number of rotatable bonds is 3. The summed E-state index contributed by atoms with van der Waals surface area (Å²) in [6, 6.07) is 0. The second-order valence-corrected chi connectivity index (χ2v) is 15.6. The van der Waals surface area contributed by atoms with E-state index in [-0.39, 0.29) is 28.8 Å². The Morgan fingerprint density at radius 2 is 1.79 bits per heavy atom. The Balaban J connectivity index is 1.61. The van der Waals surface area contributed by atoms with Crippen LogP contribution in [0.1, 0.15) is 59.3 Å². The van der Waals surface area contributed by atoms with Gasteiger partial charge < -0.3 is 9.16 Å². The summed E-state index contributed by atoms with van der Waals surface area (Å²) < 4.78 is 12.0. The summed E-state index contributed by atoms with van der Waals surface area (Å²) in [6.07, 6.45) is 9.89. The van der Waals surface area contributed by atoms with Gasteiger partial charge in [0.2, 0.25) is 8.32 Å². The standard InChI is InChI=1S/C24H36O4Si/c1-15(25)27-17-9-11-23(2)16(13-17)14-20(26)22-18-7-8-21(28-29(4,5)6)24(18,3)12-10-19(22)23/h8,14,17-19,22H,7,9-13H2,1-6H3/t17-,18-,19-,22-,23-,24-/m0/s1. The number of ether oxygens (including phenoxy) is 1. The van der Waals surface area contributed by atoms with Crippen molar-refractivity contribution in [3.8, 4) is 0 Å². The fourth-order valence-electron chi connectivity index (χ4n) is 6.73. The molecular formula is C24H36O4Si. The molecule has 0 aromatic heterocycles. The van der Waals surface area contributed by atoms with Crippen LogP contribution in [0.15, 0.2) is 23.5 Å². The molecule has 4 aliphatic carbocycles. The van der Waals surface area contributed by atoms with Crippen LogP contribution in [-0.2, 0) is 18.8 Å². The molecular weight excluding hydrogens is 380 g/mol. The number of allylic oxidation sites excluding steroid dienone is 3. The summed E-state index contributed by atoms with van der Waals surface area (Å²) in [6.45, 7) is 12.9. The van der Waals surface area contributed by atoms with Crippen molar-refractivity contribution in [2.75, 3.05) is 0 Å². The van der Waals surface area contributed by atoms with E-state index in [9.17, 15) is 9.59 Å². The van der Waals surface area contributed by atoms with Crippen molar-refractivity contribution in [1.29, 1.82) is 0 Å². The van der Waals surface area contributed by atoms with Crippen LogP contribution >= 0.6 is 0 Å². The van der Waals surface area contributed by atoms with Gasteiger partial charge in [-0.1, -0.05) is 19.4 Å². The first-order valence-corrected chi connectivity index (χ1v) is 14.7. The largest absolute Gasteiger partial charge is 0.547 e. The van der Waals surface area contributed by atoms with E-state index in [2.05, 4.69) is 39.6 Å². The van der Waals surface area contributed by atoms with Crippen molar-refractivity contribution in [1.82, 2.24) is 0 Å². The van der Waals surface area contributed by atoms with Gasteiger partial charge in [-0.05, 0) is 81.1 Å². The zero-order valence-electron chi connectivity index (χ0n) is 18.8. The molecule has 0 N–H and O–H groups in total. The summed E-state index contributed by atoms with van der Waals surface area (Å²) in [4.78, 5) is 24.8. The molecule has 0 spiro atoms. The van der Waals surface area contributed by atoms with Crippen LogP contribution in [0, 0.1) is 28.6 Å². The van der Waals surface area contributed by atoms with E-state index in [0.29, 0.717) is 17.6 Å². The molecule has 0 unspecified atom stereocenters. The lowest BCUT2D eigenvalue weighted by atomic mass is 9.47. The SMILES string of the molecule is CC(=O)O[C@H]1CC[C@@]2(C)C(=CC(=O)[C@@H]3[C@@H]2CC[C@]2(C)C(O[Si](C)(C)C)=CC[C@@H]32)C1. The van der Waals surface area contributed by atoms with E-state index in [1.807, 2.05) is 6.08 Å². The summed E-state index contributed by atoms with van der Waals surface area (Å²) in [5.74, 6) is 2.06. The average molecular weight is 417 g/mol. The highest BCUT2D eigenvalue weighted by atomic mass is 28.4. The molecule has 6 atom stereocenters. The third-order valence-corrected chi connectivity index (χ3v) is 8.99. The zero-order chi connectivity index (χ0) is 21.2. The summed E-state index contributed by atoms with van der Waals surface area (Å²) in [5.41, 5.74) is 1.27. The zero-order valence-corrected chi connectivity index (χ0v) is 19.8.